The van der Waals surface area contributed by atoms with E-state index in [2.05, 4.69) is 19.6 Å². The molecule has 51 heavy (non-hydrogen) atoms. The van der Waals surface area contributed by atoms with E-state index in [0.717, 1.165) is 18.2 Å². The molecule has 14 nitrogen and oxygen atoms in total. The van der Waals surface area contributed by atoms with E-state index in [4.69, 9.17) is 24.2 Å². The Morgan fingerprint density at radius 1 is 1.16 bits per heavy atom. The molecule has 2 aromatic carbocycles. The molecule has 0 unspecified atom stereocenters. The molecule has 21 heteroatoms. The van der Waals surface area contributed by atoms with Gasteiger partial charge in [-0.3, -0.25) is 0 Å². The molecule has 4 rings (SSSR count). The number of hydrogen-bond acceptors (Lipinski definition) is 14. The molecule has 2 atom stereocenters. The Balaban J connectivity index is 0.00000451. The molecule has 0 amide bonds. The number of aromatic nitrogens is 3. The number of carbonyl (C=O) groups is 1. The average molecular weight is 771 g/mol. The van der Waals surface area contributed by atoms with E-state index in [9.17, 15) is 27.9 Å². The standard InChI is InChI=1S/C30H30F3N4O10PS.2Na/c1-20(49-24-15-43-28(44-16-24)5-3-2-4-22-7-6-21(14-34)12-26(22)32)30(17-37-19-35-18-36-37,25-9-8-23(31)13-27(25)33)46-29(38)42-10-11-45-47-48(39,40)41;;/h2-9,12-13,18-20,24,28H,10-11,15-17H2,1H3,(H2,39,40,41);;/q;2*+1/p-2/t20-,24-,28-,30-;;/m1../s1. The van der Waals surface area contributed by atoms with Crippen molar-refractivity contribution < 1.29 is 120 Å². The molecule has 262 valence electrons. The summed E-state index contributed by atoms with van der Waals surface area (Å²) in [5, 5.41) is 11.7. The van der Waals surface area contributed by atoms with E-state index in [-0.39, 0.29) is 101 Å². The van der Waals surface area contributed by atoms with E-state index >= 15 is 4.39 Å². The summed E-state index contributed by atoms with van der Waals surface area (Å²) in [7, 11) is -5.44. The maximum Gasteiger partial charge on any atom is 1.00 e. The van der Waals surface area contributed by atoms with Gasteiger partial charge in [0.05, 0.1) is 36.6 Å². The summed E-state index contributed by atoms with van der Waals surface area (Å²) in [5.74, 6) is -2.46. The molecule has 0 radical (unpaired) electrons. The molecule has 1 aliphatic heterocycles. The van der Waals surface area contributed by atoms with Gasteiger partial charge in [-0.25, -0.2) is 37.2 Å². The first-order chi connectivity index (χ1) is 23.4. The second-order valence-electron chi connectivity index (χ2n) is 10.2. The molecule has 1 aliphatic rings. The number of allylic oxidation sites excluding steroid dienone is 2. The summed E-state index contributed by atoms with van der Waals surface area (Å²) in [6.45, 7) is 0.336. The predicted octanol–water partition coefficient (Wildman–Crippen LogP) is -2.47. The molecule has 0 aliphatic carbocycles. The molecule has 0 bridgehead atoms. The minimum absolute atomic E-state index is 0. The van der Waals surface area contributed by atoms with Crippen molar-refractivity contribution in [3.63, 3.8) is 0 Å². The van der Waals surface area contributed by atoms with Gasteiger partial charge < -0.3 is 33.3 Å². The van der Waals surface area contributed by atoms with Crippen molar-refractivity contribution in [2.45, 2.75) is 35.9 Å². The Bertz CT molecular complexity index is 1730. The Morgan fingerprint density at radius 2 is 1.90 bits per heavy atom. The van der Waals surface area contributed by atoms with Crippen molar-refractivity contribution in [2.75, 3.05) is 26.4 Å². The fourth-order valence-electron chi connectivity index (χ4n) is 4.56. The van der Waals surface area contributed by atoms with Crippen LogP contribution in [0.3, 0.4) is 0 Å². The van der Waals surface area contributed by atoms with Crippen LogP contribution in [0.25, 0.3) is 6.08 Å². The van der Waals surface area contributed by atoms with Crippen molar-refractivity contribution in [3.8, 4) is 6.07 Å². The van der Waals surface area contributed by atoms with Crippen LogP contribution in [0, 0.1) is 28.8 Å². The predicted molar refractivity (Wildman–Crippen MR) is 161 cm³/mol. The molecule has 1 saturated heterocycles. The van der Waals surface area contributed by atoms with Crippen LogP contribution in [0.2, 0.25) is 0 Å². The number of carbonyl (C=O) groups excluding carboxylic acids is 1. The Labute approximate surface area is 339 Å². The number of ether oxygens (including phenoxy) is 4. The monoisotopic (exact) mass is 770 g/mol. The van der Waals surface area contributed by atoms with E-state index in [1.807, 2.05) is 6.07 Å². The fourth-order valence-corrected chi connectivity index (χ4v) is 6.13. The topological polar surface area (TPSA) is 190 Å². The zero-order valence-corrected chi connectivity index (χ0v) is 33.3. The number of hydrogen-bond donors (Lipinski definition) is 0. The first kappa shape index (κ1) is 45.1. The van der Waals surface area contributed by atoms with Gasteiger partial charge in [0, 0.05) is 22.4 Å². The van der Waals surface area contributed by atoms with Gasteiger partial charge in [-0.2, -0.15) is 10.4 Å². The Kier molecular flexibility index (Phi) is 19.1. The van der Waals surface area contributed by atoms with Crippen molar-refractivity contribution in [1.29, 1.82) is 5.26 Å². The second kappa shape index (κ2) is 21.6. The van der Waals surface area contributed by atoms with Gasteiger partial charge in [0.2, 0.25) is 0 Å². The number of halogens is 3. The smallest absolute Gasteiger partial charge is 0.788 e. The summed E-state index contributed by atoms with van der Waals surface area (Å²) in [6, 6.07) is 8.71. The maximum atomic E-state index is 15.4. The van der Waals surface area contributed by atoms with E-state index in [1.54, 1.807) is 25.2 Å². The van der Waals surface area contributed by atoms with Crippen LogP contribution in [0.1, 0.15) is 23.6 Å². The van der Waals surface area contributed by atoms with Gasteiger partial charge in [0.15, 0.2) is 11.9 Å². The summed E-state index contributed by atoms with van der Waals surface area (Å²) < 4.78 is 81.3. The van der Waals surface area contributed by atoms with Gasteiger partial charge >= 0.3 is 65.3 Å². The maximum absolute atomic E-state index is 15.4. The van der Waals surface area contributed by atoms with Crippen LogP contribution < -0.4 is 68.9 Å². The zero-order valence-electron chi connectivity index (χ0n) is 27.6. The molecule has 2 heterocycles. The quantitative estimate of drug-likeness (QED) is 0.0301. The number of benzene rings is 2. The van der Waals surface area contributed by atoms with Crippen LogP contribution in [0.4, 0.5) is 18.0 Å². The molecule has 0 N–H and O–H groups in total. The van der Waals surface area contributed by atoms with Crippen LogP contribution in [-0.4, -0.2) is 64.1 Å². The average Bonchev–Trinajstić information content (AvgIpc) is 3.56. The first-order valence-electron chi connectivity index (χ1n) is 14.3. The van der Waals surface area contributed by atoms with Crippen molar-refractivity contribution in [3.05, 3.63) is 101 Å². The number of rotatable bonds is 15. The molecule has 0 spiro atoms. The van der Waals surface area contributed by atoms with Crippen LogP contribution in [0.15, 0.2) is 67.3 Å². The second-order valence-corrected chi connectivity index (χ2v) is 12.9. The van der Waals surface area contributed by atoms with Gasteiger partial charge in [-0.15, -0.1) is 11.8 Å². The fraction of sp³-hybridized carbons (Fsp3) is 0.333. The summed E-state index contributed by atoms with van der Waals surface area (Å²) in [5.41, 5.74) is -1.64. The minimum Gasteiger partial charge on any atom is -0.788 e. The molecule has 1 fully saturated rings. The SMILES string of the molecule is C[C@@H](S[C@H]1CO[C@H](C=CC=Cc2ccc(C#N)cc2F)OC1)[C@@](Cn1cncn1)(OC(=O)OCCOOP(=O)([O-])[O-])c1ccc(F)cc1F.[Na+].[Na+]. The van der Waals surface area contributed by atoms with E-state index in [1.165, 1.54) is 47.3 Å². The van der Waals surface area contributed by atoms with Gasteiger partial charge in [-0.05, 0) is 37.3 Å². The van der Waals surface area contributed by atoms with Crippen LogP contribution >= 0.6 is 19.6 Å². The molecule has 3 aromatic rings. The van der Waals surface area contributed by atoms with Gasteiger partial charge in [-0.1, -0.05) is 24.3 Å². The number of nitriles is 1. The summed E-state index contributed by atoms with van der Waals surface area (Å²) in [4.78, 5) is 42.1. The Morgan fingerprint density at radius 3 is 2.53 bits per heavy atom. The number of thioether (sulfide) groups is 1. The minimum atomic E-state index is -5.44. The van der Waals surface area contributed by atoms with Crippen molar-refractivity contribution >= 4 is 31.8 Å². The van der Waals surface area contributed by atoms with Crippen molar-refractivity contribution in [1.82, 2.24) is 14.8 Å². The Hall–Kier alpha value is -2.05. The van der Waals surface area contributed by atoms with Gasteiger partial charge in [0.25, 0.3) is 0 Å². The molecular weight excluding hydrogens is 742 g/mol. The summed E-state index contributed by atoms with van der Waals surface area (Å²) >= 11 is 1.21. The van der Waals surface area contributed by atoms with E-state index in [0.29, 0.717) is 6.07 Å². The van der Waals surface area contributed by atoms with Crippen molar-refractivity contribution in [2.24, 2.45) is 0 Å². The number of nitrogens with zero attached hydrogens (tertiary/aromatic N) is 4. The van der Waals surface area contributed by atoms with Crippen LogP contribution in [-0.2, 0) is 45.2 Å². The summed E-state index contributed by atoms with van der Waals surface area (Å²) in [6.07, 6.45) is 6.72. The third kappa shape index (κ3) is 14.0. The molecule has 1 aromatic heterocycles. The van der Waals surface area contributed by atoms with Gasteiger partial charge in [0.1, 0.15) is 51.1 Å². The largest absolute Gasteiger partial charge is 1.00 e. The zero-order chi connectivity index (χ0) is 35.4. The van der Waals surface area contributed by atoms with E-state index < -0.39 is 61.8 Å². The molecular formula is C30H28F3N4Na2O10PS. The normalized spacial score (nSPS) is 17.9. The molecule has 0 saturated carbocycles. The first-order valence-corrected chi connectivity index (χ1v) is 16.7. The number of phosphoric acid groups is 1. The van der Waals surface area contributed by atoms with Crippen LogP contribution in [0.5, 0.6) is 0 Å². The third-order valence-corrected chi connectivity index (χ3v) is 8.51. The third-order valence-electron chi connectivity index (χ3n) is 6.78.